The van der Waals surface area contributed by atoms with Gasteiger partial charge < -0.3 is 15.5 Å². The van der Waals surface area contributed by atoms with Gasteiger partial charge in [0.15, 0.2) is 0 Å². The summed E-state index contributed by atoms with van der Waals surface area (Å²) in [5.41, 5.74) is 0.984. The van der Waals surface area contributed by atoms with Crippen LogP contribution in [0.3, 0.4) is 0 Å². The molecule has 1 aromatic carbocycles. The first-order chi connectivity index (χ1) is 8.56. The molecule has 1 rings (SSSR count). The Balaban J connectivity index is 2.52. The number of aliphatic hydroxyl groups is 1. The van der Waals surface area contributed by atoms with E-state index in [0.717, 1.165) is 24.9 Å². The van der Waals surface area contributed by atoms with Gasteiger partial charge in [-0.3, -0.25) is 0 Å². The van der Waals surface area contributed by atoms with Crippen LogP contribution in [0, 0.1) is 5.41 Å². The van der Waals surface area contributed by atoms with Crippen LogP contribution in [0.5, 0.6) is 5.75 Å². The number of benzene rings is 1. The number of aliphatic hydroxyl groups excluding tert-OH is 1. The Morgan fingerprint density at radius 2 is 1.94 bits per heavy atom. The summed E-state index contributed by atoms with van der Waals surface area (Å²) in [6.07, 6.45) is 1.90. The minimum atomic E-state index is -0.0410. The fraction of sp³-hybridized carbons (Fsp3) is 0.571. The summed E-state index contributed by atoms with van der Waals surface area (Å²) in [6, 6.07) is 5.19. The molecular formula is C14H22ClNO2. The minimum absolute atomic E-state index is 0.0410. The molecule has 0 amide bonds. The lowest BCUT2D eigenvalue weighted by Gasteiger charge is -2.29. The number of hydrogen-bond acceptors (Lipinski definition) is 3. The zero-order chi connectivity index (χ0) is 13.6. The Morgan fingerprint density at radius 3 is 2.44 bits per heavy atom. The predicted molar refractivity (Wildman–Crippen MR) is 74.9 cm³/mol. The molecule has 102 valence electrons. The standard InChI is InChI=1S/C14H22ClNO2/c1-3-14(4-2,10-17)9-16-8-11-5-6-13(18)12(15)7-11/h5-7,16-18H,3-4,8-10H2,1-2H3. The minimum Gasteiger partial charge on any atom is -0.506 e. The molecule has 0 spiro atoms. The summed E-state index contributed by atoms with van der Waals surface area (Å²) in [7, 11) is 0. The highest BCUT2D eigenvalue weighted by Crippen LogP contribution is 2.25. The summed E-state index contributed by atoms with van der Waals surface area (Å²) < 4.78 is 0. The third-order valence-electron chi connectivity index (χ3n) is 3.68. The zero-order valence-electron chi connectivity index (χ0n) is 11.0. The van der Waals surface area contributed by atoms with Crippen LogP contribution in [0.25, 0.3) is 0 Å². The van der Waals surface area contributed by atoms with E-state index in [4.69, 9.17) is 11.6 Å². The number of hydrogen-bond donors (Lipinski definition) is 3. The first-order valence-corrected chi connectivity index (χ1v) is 6.73. The highest BCUT2D eigenvalue weighted by molar-refractivity contribution is 6.32. The maximum Gasteiger partial charge on any atom is 0.134 e. The smallest absolute Gasteiger partial charge is 0.134 e. The van der Waals surface area contributed by atoms with Crippen LogP contribution in [-0.2, 0) is 6.54 Å². The topological polar surface area (TPSA) is 52.5 Å². The van der Waals surface area contributed by atoms with E-state index >= 15 is 0 Å². The fourth-order valence-electron chi connectivity index (χ4n) is 1.91. The molecule has 18 heavy (non-hydrogen) atoms. The molecule has 0 atom stereocenters. The molecule has 4 heteroatoms. The lowest BCUT2D eigenvalue weighted by atomic mass is 9.83. The Kier molecular flexibility index (Phi) is 5.93. The van der Waals surface area contributed by atoms with Gasteiger partial charge in [0.1, 0.15) is 5.75 Å². The molecule has 0 saturated carbocycles. The predicted octanol–water partition coefficient (Wildman–Crippen LogP) is 2.93. The summed E-state index contributed by atoms with van der Waals surface area (Å²) >= 11 is 5.85. The van der Waals surface area contributed by atoms with Crippen molar-refractivity contribution in [2.45, 2.75) is 33.2 Å². The second-order valence-electron chi connectivity index (χ2n) is 4.75. The van der Waals surface area contributed by atoms with Gasteiger partial charge >= 0.3 is 0 Å². The number of nitrogens with one attached hydrogen (secondary N) is 1. The van der Waals surface area contributed by atoms with Gasteiger partial charge in [-0.2, -0.15) is 0 Å². The summed E-state index contributed by atoms with van der Waals surface area (Å²) in [5, 5.41) is 22.5. The second-order valence-corrected chi connectivity index (χ2v) is 5.16. The van der Waals surface area contributed by atoms with Crippen molar-refractivity contribution in [3.05, 3.63) is 28.8 Å². The van der Waals surface area contributed by atoms with Crippen molar-refractivity contribution in [1.29, 1.82) is 0 Å². The van der Waals surface area contributed by atoms with E-state index in [1.807, 2.05) is 6.07 Å². The molecule has 0 fully saturated rings. The molecule has 1 aromatic rings. The third-order valence-corrected chi connectivity index (χ3v) is 3.98. The van der Waals surface area contributed by atoms with Crippen LogP contribution >= 0.6 is 11.6 Å². The van der Waals surface area contributed by atoms with E-state index in [0.29, 0.717) is 11.6 Å². The zero-order valence-corrected chi connectivity index (χ0v) is 11.8. The lowest BCUT2D eigenvalue weighted by molar-refractivity contribution is 0.113. The average molecular weight is 272 g/mol. The SMILES string of the molecule is CCC(CC)(CO)CNCc1ccc(O)c(Cl)c1. The average Bonchev–Trinajstić information content (AvgIpc) is 2.39. The molecule has 0 radical (unpaired) electrons. The Morgan fingerprint density at radius 1 is 1.28 bits per heavy atom. The Bertz CT molecular complexity index is 370. The van der Waals surface area contributed by atoms with Gasteiger partial charge in [-0.25, -0.2) is 0 Å². The lowest BCUT2D eigenvalue weighted by Crippen LogP contribution is -2.36. The molecule has 0 unspecified atom stereocenters. The van der Waals surface area contributed by atoms with Crippen LogP contribution < -0.4 is 5.32 Å². The van der Waals surface area contributed by atoms with Gasteiger partial charge in [-0.05, 0) is 30.5 Å². The molecule has 0 aromatic heterocycles. The van der Waals surface area contributed by atoms with Crippen molar-refractivity contribution in [2.24, 2.45) is 5.41 Å². The van der Waals surface area contributed by atoms with Crippen molar-refractivity contribution in [2.75, 3.05) is 13.2 Å². The second kappa shape index (κ2) is 6.98. The van der Waals surface area contributed by atoms with E-state index in [9.17, 15) is 10.2 Å². The highest BCUT2D eigenvalue weighted by atomic mass is 35.5. The Labute approximate surface area is 114 Å². The van der Waals surface area contributed by atoms with Crippen molar-refractivity contribution < 1.29 is 10.2 Å². The van der Waals surface area contributed by atoms with Gasteiger partial charge in [-0.15, -0.1) is 0 Å². The van der Waals surface area contributed by atoms with Crippen molar-refractivity contribution in [3.8, 4) is 5.75 Å². The van der Waals surface area contributed by atoms with Crippen LogP contribution in [0.15, 0.2) is 18.2 Å². The third kappa shape index (κ3) is 3.87. The molecule has 3 nitrogen and oxygen atoms in total. The molecule has 0 saturated heterocycles. The maximum absolute atomic E-state index is 9.46. The quantitative estimate of drug-likeness (QED) is 0.715. The van der Waals surface area contributed by atoms with Crippen molar-refractivity contribution in [3.63, 3.8) is 0 Å². The number of phenolic OH excluding ortho intramolecular Hbond substituents is 1. The van der Waals surface area contributed by atoms with E-state index in [1.54, 1.807) is 12.1 Å². The molecular weight excluding hydrogens is 250 g/mol. The van der Waals surface area contributed by atoms with Gasteiger partial charge in [0.25, 0.3) is 0 Å². The summed E-state index contributed by atoms with van der Waals surface area (Å²) in [4.78, 5) is 0. The van der Waals surface area contributed by atoms with E-state index in [2.05, 4.69) is 19.2 Å². The molecule has 0 bridgehead atoms. The number of phenols is 1. The van der Waals surface area contributed by atoms with Crippen LogP contribution in [-0.4, -0.2) is 23.4 Å². The summed E-state index contributed by atoms with van der Waals surface area (Å²) in [6.45, 7) is 5.84. The summed E-state index contributed by atoms with van der Waals surface area (Å²) in [5.74, 6) is 0.104. The fourth-order valence-corrected chi connectivity index (χ4v) is 2.12. The number of halogens is 1. The van der Waals surface area contributed by atoms with E-state index in [1.165, 1.54) is 0 Å². The highest BCUT2D eigenvalue weighted by Gasteiger charge is 2.24. The van der Waals surface area contributed by atoms with Crippen molar-refractivity contribution in [1.82, 2.24) is 5.32 Å². The molecule has 0 heterocycles. The van der Waals surface area contributed by atoms with Crippen LogP contribution in [0.1, 0.15) is 32.3 Å². The van der Waals surface area contributed by atoms with E-state index < -0.39 is 0 Å². The van der Waals surface area contributed by atoms with Gasteiger partial charge in [0.05, 0.1) is 5.02 Å². The molecule has 0 aliphatic rings. The normalized spacial score (nSPS) is 11.8. The van der Waals surface area contributed by atoms with Gasteiger partial charge in [0.2, 0.25) is 0 Å². The molecule has 0 aliphatic carbocycles. The van der Waals surface area contributed by atoms with Crippen LogP contribution in [0.4, 0.5) is 0 Å². The first kappa shape index (κ1) is 15.3. The van der Waals surface area contributed by atoms with Gasteiger partial charge in [-0.1, -0.05) is 31.5 Å². The number of aromatic hydroxyl groups is 1. The first-order valence-electron chi connectivity index (χ1n) is 6.36. The molecule has 3 N–H and O–H groups in total. The Hall–Kier alpha value is -0.770. The van der Waals surface area contributed by atoms with E-state index in [-0.39, 0.29) is 17.8 Å². The van der Waals surface area contributed by atoms with Crippen LogP contribution in [0.2, 0.25) is 5.02 Å². The number of rotatable bonds is 7. The van der Waals surface area contributed by atoms with Gasteiger partial charge in [0, 0.05) is 25.1 Å². The largest absolute Gasteiger partial charge is 0.506 e. The monoisotopic (exact) mass is 271 g/mol. The maximum atomic E-state index is 9.46. The van der Waals surface area contributed by atoms with Crippen molar-refractivity contribution >= 4 is 11.6 Å². The molecule has 0 aliphatic heterocycles.